The SMILES string of the molecule is Cn1nc(-c2ccccn2)c2c1NCCS[C@H]2c1ccc(Br)cc1Cl. The van der Waals surface area contributed by atoms with E-state index in [2.05, 4.69) is 32.3 Å². The Morgan fingerprint density at radius 3 is 2.96 bits per heavy atom. The fourth-order valence-electron chi connectivity index (χ4n) is 3.08. The highest BCUT2D eigenvalue weighted by Gasteiger charge is 2.30. The van der Waals surface area contributed by atoms with Crippen molar-refractivity contribution in [3.63, 3.8) is 0 Å². The highest BCUT2D eigenvalue weighted by atomic mass is 79.9. The Balaban J connectivity index is 1.92. The standard InChI is InChI=1S/C18H16BrClN4S/c1-24-18-15(16(23-24)14-4-2-3-7-21-14)17(25-9-8-22-18)12-6-5-11(19)10-13(12)20/h2-7,10,17,22H,8-9H2,1H3/t17-/m0/s1. The topological polar surface area (TPSA) is 42.7 Å². The summed E-state index contributed by atoms with van der Waals surface area (Å²) in [7, 11) is 1.97. The van der Waals surface area contributed by atoms with Crippen LogP contribution in [-0.4, -0.2) is 27.1 Å². The molecule has 0 fully saturated rings. The molecule has 3 heterocycles. The van der Waals surface area contributed by atoms with E-state index >= 15 is 0 Å². The summed E-state index contributed by atoms with van der Waals surface area (Å²) >= 11 is 12.0. The van der Waals surface area contributed by atoms with Crippen LogP contribution in [0.2, 0.25) is 5.02 Å². The van der Waals surface area contributed by atoms with E-state index in [9.17, 15) is 0 Å². The van der Waals surface area contributed by atoms with Crippen molar-refractivity contribution in [1.82, 2.24) is 14.8 Å². The second kappa shape index (κ2) is 7.02. The molecule has 0 amide bonds. The Kier molecular flexibility index (Phi) is 4.75. The Bertz CT molecular complexity index is 913. The highest BCUT2D eigenvalue weighted by Crippen LogP contribution is 2.47. The molecule has 4 rings (SSSR count). The summed E-state index contributed by atoms with van der Waals surface area (Å²) in [5.41, 5.74) is 4.03. The van der Waals surface area contributed by atoms with Crippen LogP contribution in [-0.2, 0) is 7.05 Å². The van der Waals surface area contributed by atoms with Crippen LogP contribution in [0, 0.1) is 0 Å². The zero-order valence-corrected chi connectivity index (χ0v) is 16.7. The first kappa shape index (κ1) is 16.9. The Hall–Kier alpha value is -1.50. The number of benzene rings is 1. The van der Waals surface area contributed by atoms with Gasteiger partial charge in [0.15, 0.2) is 0 Å². The lowest BCUT2D eigenvalue weighted by atomic mass is 10.0. The van der Waals surface area contributed by atoms with Crippen LogP contribution in [0.3, 0.4) is 0 Å². The number of hydrogen-bond donors (Lipinski definition) is 1. The van der Waals surface area contributed by atoms with Gasteiger partial charge >= 0.3 is 0 Å². The first-order valence-corrected chi connectivity index (χ1v) is 10.2. The van der Waals surface area contributed by atoms with Crippen molar-refractivity contribution in [2.75, 3.05) is 17.6 Å². The first-order valence-electron chi connectivity index (χ1n) is 7.94. The average molecular weight is 436 g/mol. The second-order valence-electron chi connectivity index (χ2n) is 5.79. The van der Waals surface area contributed by atoms with Crippen molar-refractivity contribution >= 4 is 45.1 Å². The minimum atomic E-state index is 0.108. The Labute approximate surface area is 164 Å². The van der Waals surface area contributed by atoms with E-state index in [0.717, 1.165) is 50.1 Å². The van der Waals surface area contributed by atoms with Crippen LogP contribution in [0.5, 0.6) is 0 Å². The summed E-state index contributed by atoms with van der Waals surface area (Å²) in [6.07, 6.45) is 1.80. The molecule has 0 spiro atoms. The van der Waals surface area contributed by atoms with Crippen LogP contribution >= 0.6 is 39.3 Å². The second-order valence-corrected chi connectivity index (χ2v) is 8.33. The van der Waals surface area contributed by atoms with Gasteiger partial charge in [0.1, 0.15) is 11.5 Å². The third-order valence-corrected chi connectivity index (χ3v) is 6.26. The van der Waals surface area contributed by atoms with Gasteiger partial charge in [0, 0.05) is 40.6 Å². The third-order valence-electron chi connectivity index (χ3n) is 4.18. The smallest absolute Gasteiger partial charge is 0.129 e. The highest BCUT2D eigenvalue weighted by molar-refractivity contribution is 9.10. The summed E-state index contributed by atoms with van der Waals surface area (Å²) in [4.78, 5) is 4.51. The van der Waals surface area contributed by atoms with Crippen molar-refractivity contribution < 1.29 is 0 Å². The van der Waals surface area contributed by atoms with Gasteiger partial charge in [0.25, 0.3) is 0 Å². The molecular formula is C18H16BrClN4S. The molecule has 3 aromatic rings. The molecular weight excluding hydrogens is 420 g/mol. The molecule has 1 aromatic carbocycles. The molecule has 0 saturated carbocycles. The lowest BCUT2D eigenvalue weighted by Crippen LogP contribution is -2.06. The molecule has 0 bridgehead atoms. The Morgan fingerprint density at radius 2 is 2.20 bits per heavy atom. The van der Waals surface area contributed by atoms with Crippen molar-refractivity contribution in [3.05, 3.63) is 63.2 Å². The van der Waals surface area contributed by atoms with E-state index in [0.29, 0.717) is 0 Å². The van der Waals surface area contributed by atoms with Gasteiger partial charge in [-0.2, -0.15) is 5.10 Å². The van der Waals surface area contributed by atoms with Crippen molar-refractivity contribution in [2.45, 2.75) is 5.25 Å². The number of hydrogen-bond acceptors (Lipinski definition) is 4. The van der Waals surface area contributed by atoms with Gasteiger partial charge < -0.3 is 5.32 Å². The maximum Gasteiger partial charge on any atom is 0.129 e. The number of fused-ring (bicyclic) bond motifs is 1. The molecule has 4 nitrogen and oxygen atoms in total. The molecule has 0 saturated heterocycles. The summed E-state index contributed by atoms with van der Waals surface area (Å²) in [5.74, 6) is 2.03. The fourth-order valence-corrected chi connectivity index (χ4v) is 5.16. The lowest BCUT2D eigenvalue weighted by Gasteiger charge is -2.18. The van der Waals surface area contributed by atoms with Gasteiger partial charge in [-0.05, 0) is 29.8 Å². The molecule has 2 aromatic heterocycles. The number of thioether (sulfide) groups is 1. The van der Waals surface area contributed by atoms with Gasteiger partial charge in [-0.1, -0.05) is 39.7 Å². The molecule has 7 heteroatoms. The van der Waals surface area contributed by atoms with Crippen molar-refractivity contribution in [1.29, 1.82) is 0 Å². The number of aryl methyl sites for hydroxylation is 1. The molecule has 0 radical (unpaired) electrons. The van der Waals surface area contributed by atoms with Gasteiger partial charge in [0.05, 0.1) is 10.9 Å². The number of anilines is 1. The van der Waals surface area contributed by atoms with E-state index < -0.39 is 0 Å². The molecule has 1 aliphatic rings. The third kappa shape index (κ3) is 3.18. The summed E-state index contributed by atoms with van der Waals surface area (Å²) < 4.78 is 2.89. The van der Waals surface area contributed by atoms with E-state index in [1.807, 2.05) is 53.8 Å². The van der Waals surface area contributed by atoms with Crippen molar-refractivity contribution in [3.8, 4) is 11.4 Å². The van der Waals surface area contributed by atoms with E-state index in [4.69, 9.17) is 16.7 Å². The van der Waals surface area contributed by atoms with Gasteiger partial charge in [0.2, 0.25) is 0 Å². The van der Waals surface area contributed by atoms with Crippen LogP contribution in [0.4, 0.5) is 5.82 Å². The van der Waals surface area contributed by atoms with Gasteiger partial charge in [-0.3, -0.25) is 9.67 Å². The molecule has 1 N–H and O–H groups in total. The summed E-state index contributed by atoms with van der Waals surface area (Å²) in [6.45, 7) is 0.892. The monoisotopic (exact) mass is 434 g/mol. The number of nitrogens with one attached hydrogen (secondary N) is 1. The van der Waals surface area contributed by atoms with Crippen LogP contribution in [0.15, 0.2) is 47.1 Å². The molecule has 1 atom stereocenters. The fraction of sp³-hybridized carbons (Fsp3) is 0.222. The molecule has 0 aliphatic carbocycles. The number of pyridine rings is 1. The largest absolute Gasteiger partial charge is 0.369 e. The number of nitrogens with zero attached hydrogens (tertiary/aromatic N) is 3. The molecule has 0 unspecified atom stereocenters. The number of halogens is 2. The zero-order chi connectivity index (χ0) is 17.4. The minimum absolute atomic E-state index is 0.108. The molecule has 1 aliphatic heterocycles. The minimum Gasteiger partial charge on any atom is -0.369 e. The maximum absolute atomic E-state index is 6.58. The van der Waals surface area contributed by atoms with Crippen LogP contribution in [0.1, 0.15) is 16.4 Å². The predicted octanol–water partition coefficient (Wildman–Crippen LogP) is 5.15. The quantitative estimate of drug-likeness (QED) is 0.605. The van der Waals surface area contributed by atoms with Gasteiger partial charge in [-0.15, -0.1) is 11.8 Å². The van der Waals surface area contributed by atoms with Gasteiger partial charge in [-0.25, -0.2) is 0 Å². The number of aromatic nitrogens is 3. The normalized spacial score (nSPS) is 16.8. The summed E-state index contributed by atoms with van der Waals surface area (Å²) in [5, 5.41) is 9.13. The average Bonchev–Trinajstić information content (AvgIpc) is 2.79. The zero-order valence-electron chi connectivity index (χ0n) is 13.5. The van der Waals surface area contributed by atoms with Crippen molar-refractivity contribution in [2.24, 2.45) is 7.05 Å². The predicted molar refractivity (Wildman–Crippen MR) is 108 cm³/mol. The molecule has 128 valence electrons. The van der Waals surface area contributed by atoms with Crippen LogP contribution in [0.25, 0.3) is 11.4 Å². The van der Waals surface area contributed by atoms with E-state index in [1.165, 1.54) is 0 Å². The lowest BCUT2D eigenvalue weighted by molar-refractivity contribution is 0.773. The summed E-state index contributed by atoms with van der Waals surface area (Å²) in [6, 6.07) is 12.0. The maximum atomic E-state index is 6.58. The van der Waals surface area contributed by atoms with E-state index in [1.54, 1.807) is 6.20 Å². The first-order chi connectivity index (χ1) is 12.1. The van der Waals surface area contributed by atoms with Crippen LogP contribution < -0.4 is 5.32 Å². The van der Waals surface area contributed by atoms with E-state index in [-0.39, 0.29) is 5.25 Å². The Morgan fingerprint density at radius 1 is 1.32 bits per heavy atom. The number of rotatable bonds is 2. The molecule has 25 heavy (non-hydrogen) atoms.